The van der Waals surface area contributed by atoms with E-state index in [4.69, 9.17) is 11.6 Å². The molecule has 2 N–H and O–H groups in total. The fourth-order valence-electron chi connectivity index (χ4n) is 2.95. The molecule has 0 bridgehead atoms. The van der Waals surface area contributed by atoms with Gasteiger partial charge in [-0.3, -0.25) is 4.79 Å². The molecule has 0 saturated heterocycles. The van der Waals surface area contributed by atoms with Crippen molar-refractivity contribution in [2.75, 3.05) is 11.9 Å². The zero-order valence-corrected chi connectivity index (χ0v) is 18.3. The molecule has 0 radical (unpaired) electrons. The van der Waals surface area contributed by atoms with E-state index in [1.165, 1.54) is 5.56 Å². The van der Waals surface area contributed by atoms with Gasteiger partial charge in [-0.15, -0.1) is 0 Å². The van der Waals surface area contributed by atoms with Crippen LogP contribution in [0.25, 0.3) is 0 Å². The molecule has 0 aliphatic heterocycles. The molecular weight excluding hydrogens is 368 g/mol. The fraction of sp³-hybridized carbons (Fsp3) is 0.458. The largest absolute Gasteiger partial charge is 0.380 e. The van der Waals surface area contributed by atoms with Crippen LogP contribution in [0.2, 0.25) is 5.02 Å². The van der Waals surface area contributed by atoms with Gasteiger partial charge >= 0.3 is 0 Å². The van der Waals surface area contributed by atoms with Crippen molar-refractivity contribution in [2.45, 2.75) is 59.9 Å². The number of carbonyl (C=O) groups is 1. The Morgan fingerprint density at radius 1 is 1.00 bits per heavy atom. The molecule has 0 aliphatic carbocycles. The number of aryl methyl sites for hydroxylation is 1. The van der Waals surface area contributed by atoms with E-state index < -0.39 is 0 Å². The summed E-state index contributed by atoms with van der Waals surface area (Å²) >= 11 is 6.31. The second kappa shape index (κ2) is 10.5. The monoisotopic (exact) mass is 400 g/mol. The number of hydrogen-bond donors (Lipinski definition) is 2. The molecule has 0 aliphatic rings. The van der Waals surface area contributed by atoms with Crippen molar-refractivity contribution in [1.29, 1.82) is 0 Å². The zero-order valence-electron chi connectivity index (χ0n) is 17.6. The summed E-state index contributed by atoms with van der Waals surface area (Å²) in [6.07, 6.45) is 3.57. The van der Waals surface area contributed by atoms with Crippen LogP contribution in [0.15, 0.2) is 42.5 Å². The van der Waals surface area contributed by atoms with Crippen molar-refractivity contribution in [1.82, 2.24) is 5.32 Å². The van der Waals surface area contributed by atoms with Crippen LogP contribution < -0.4 is 10.6 Å². The predicted molar refractivity (Wildman–Crippen MR) is 120 cm³/mol. The number of nitrogens with one attached hydrogen (secondary N) is 2. The molecule has 1 amide bonds. The highest BCUT2D eigenvalue weighted by Crippen LogP contribution is 2.24. The van der Waals surface area contributed by atoms with Crippen LogP contribution in [0, 0.1) is 5.41 Å². The summed E-state index contributed by atoms with van der Waals surface area (Å²) in [6, 6.07) is 14.3. The molecule has 152 valence electrons. The van der Waals surface area contributed by atoms with E-state index in [-0.39, 0.29) is 11.3 Å². The van der Waals surface area contributed by atoms with Crippen molar-refractivity contribution >= 4 is 23.2 Å². The van der Waals surface area contributed by atoms with Crippen LogP contribution in [0.5, 0.6) is 0 Å². The highest BCUT2D eigenvalue weighted by molar-refractivity contribution is 6.33. The highest BCUT2D eigenvalue weighted by Gasteiger charge is 2.10. The Balaban J connectivity index is 1.84. The summed E-state index contributed by atoms with van der Waals surface area (Å²) in [7, 11) is 0. The summed E-state index contributed by atoms with van der Waals surface area (Å²) in [5.41, 5.74) is 4.69. The minimum Gasteiger partial charge on any atom is -0.380 e. The molecule has 0 fully saturated rings. The first-order valence-electron chi connectivity index (χ1n) is 10.1. The third-order valence-electron chi connectivity index (χ3n) is 4.64. The quantitative estimate of drug-likeness (QED) is 0.542. The number of rotatable bonds is 9. The molecule has 0 aromatic heterocycles. The topological polar surface area (TPSA) is 41.1 Å². The number of halogens is 1. The molecule has 0 unspecified atom stereocenters. The summed E-state index contributed by atoms with van der Waals surface area (Å²) in [5.74, 6) is 0.0784. The molecule has 0 atom stereocenters. The van der Waals surface area contributed by atoms with Gasteiger partial charge in [0.2, 0.25) is 5.91 Å². The van der Waals surface area contributed by atoms with Crippen LogP contribution in [0.4, 0.5) is 5.69 Å². The van der Waals surface area contributed by atoms with Crippen LogP contribution >= 0.6 is 11.6 Å². The maximum absolute atomic E-state index is 12.1. The first kappa shape index (κ1) is 22.3. The van der Waals surface area contributed by atoms with Crippen molar-refractivity contribution in [2.24, 2.45) is 5.41 Å². The Kier molecular flexibility index (Phi) is 8.37. The van der Waals surface area contributed by atoms with E-state index in [1.807, 2.05) is 18.2 Å². The van der Waals surface area contributed by atoms with Crippen molar-refractivity contribution < 1.29 is 4.79 Å². The molecule has 28 heavy (non-hydrogen) atoms. The standard InChI is InChI=1S/C24H33ClN2O/c1-5-6-18-11-12-21(25)22(15-18)27-17-20-9-7-19(8-10-20)16-23(28)26-14-13-24(2,3)4/h7-12,15,27H,5-6,13-14,16-17H2,1-4H3,(H,26,28). The molecule has 0 saturated carbocycles. The lowest BCUT2D eigenvalue weighted by molar-refractivity contribution is -0.120. The SMILES string of the molecule is CCCc1ccc(Cl)c(NCc2ccc(CC(=O)NCCC(C)(C)C)cc2)c1. The lowest BCUT2D eigenvalue weighted by Crippen LogP contribution is -2.28. The van der Waals surface area contributed by atoms with Gasteiger partial charge in [0.15, 0.2) is 0 Å². The van der Waals surface area contributed by atoms with Crippen LogP contribution in [0.1, 0.15) is 57.2 Å². The van der Waals surface area contributed by atoms with Crippen molar-refractivity contribution in [3.63, 3.8) is 0 Å². The normalized spacial score (nSPS) is 11.3. The molecule has 2 aromatic carbocycles. The minimum absolute atomic E-state index is 0.0784. The average molecular weight is 401 g/mol. The third-order valence-corrected chi connectivity index (χ3v) is 4.97. The second-order valence-corrected chi connectivity index (χ2v) is 8.98. The van der Waals surface area contributed by atoms with Gasteiger partial charge in [0.05, 0.1) is 17.1 Å². The van der Waals surface area contributed by atoms with Crippen LogP contribution in [-0.4, -0.2) is 12.5 Å². The summed E-state index contributed by atoms with van der Waals surface area (Å²) in [4.78, 5) is 12.1. The lowest BCUT2D eigenvalue weighted by atomic mass is 9.92. The summed E-state index contributed by atoms with van der Waals surface area (Å²) in [6.45, 7) is 10.1. The van der Waals surface area contributed by atoms with Crippen molar-refractivity contribution in [3.05, 3.63) is 64.2 Å². The van der Waals surface area contributed by atoms with Gasteiger partial charge in [-0.05, 0) is 47.1 Å². The molecule has 0 spiro atoms. The van der Waals surface area contributed by atoms with Crippen LogP contribution in [-0.2, 0) is 24.2 Å². The minimum atomic E-state index is 0.0784. The third kappa shape index (κ3) is 7.93. The average Bonchev–Trinajstić information content (AvgIpc) is 2.62. The molecular formula is C24H33ClN2O. The van der Waals surface area contributed by atoms with Gasteiger partial charge in [0, 0.05) is 13.1 Å². The van der Waals surface area contributed by atoms with Gasteiger partial charge in [0.25, 0.3) is 0 Å². The smallest absolute Gasteiger partial charge is 0.224 e. The second-order valence-electron chi connectivity index (χ2n) is 8.57. The zero-order chi connectivity index (χ0) is 20.6. The van der Waals surface area contributed by atoms with E-state index in [2.05, 4.69) is 62.6 Å². The Labute approximate surface area is 174 Å². The molecule has 2 rings (SSSR count). The molecule has 2 aromatic rings. The van der Waals surface area contributed by atoms with Crippen LogP contribution in [0.3, 0.4) is 0 Å². The molecule has 0 heterocycles. The first-order chi connectivity index (χ1) is 13.3. The Bertz CT molecular complexity index is 763. The van der Waals surface area contributed by atoms with E-state index in [1.54, 1.807) is 0 Å². The van der Waals surface area contributed by atoms with Gasteiger partial charge in [-0.25, -0.2) is 0 Å². The Morgan fingerprint density at radius 3 is 2.29 bits per heavy atom. The maximum Gasteiger partial charge on any atom is 0.224 e. The summed E-state index contributed by atoms with van der Waals surface area (Å²) in [5, 5.41) is 7.16. The molecule has 3 nitrogen and oxygen atoms in total. The fourth-order valence-corrected chi connectivity index (χ4v) is 3.13. The predicted octanol–water partition coefficient (Wildman–Crippen LogP) is 6.00. The Morgan fingerprint density at radius 2 is 1.64 bits per heavy atom. The van der Waals surface area contributed by atoms with E-state index in [0.717, 1.165) is 47.6 Å². The number of anilines is 1. The number of amides is 1. The number of carbonyl (C=O) groups excluding carboxylic acids is 1. The number of benzene rings is 2. The van der Waals surface area contributed by atoms with E-state index in [0.29, 0.717) is 13.0 Å². The van der Waals surface area contributed by atoms with Gasteiger partial charge in [0.1, 0.15) is 0 Å². The highest BCUT2D eigenvalue weighted by atomic mass is 35.5. The van der Waals surface area contributed by atoms with E-state index in [9.17, 15) is 4.79 Å². The first-order valence-corrected chi connectivity index (χ1v) is 10.5. The summed E-state index contributed by atoms with van der Waals surface area (Å²) < 4.78 is 0. The lowest BCUT2D eigenvalue weighted by Gasteiger charge is -2.18. The molecule has 4 heteroatoms. The van der Waals surface area contributed by atoms with E-state index >= 15 is 0 Å². The number of hydrogen-bond acceptors (Lipinski definition) is 2. The van der Waals surface area contributed by atoms with Gasteiger partial charge in [-0.1, -0.05) is 76.0 Å². The van der Waals surface area contributed by atoms with Gasteiger partial charge in [-0.2, -0.15) is 0 Å². The van der Waals surface area contributed by atoms with Crippen molar-refractivity contribution in [3.8, 4) is 0 Å². The Hall–Kier alpha value is -2.00. The van der Waals surface area contributed by atoms with Gasteiger partial charge < -0.3 is 10.6 Å². The maximum atomic E-state index is 12.1.